The van der Waals surface area contributed by atoms with E-state index in [1.165, 1.54) is 0 Å². The molecular weight excluding hydrogens is 427 g/mol. The summed E-state index contributed by atoms with van der Waals surface area (Å²) in [5.74, 6) is -1.23. The van der Waals surface area contributed by atoms with Gasteiger partial charge >= 0.3 is 12.0 Å². The van der Waals surface area contributed by atoms with E-state index in [0.29, 0.717) is 5.69 Å². The van der Waals surface area contributed by atoms with Crippen LogP contribution in [-0.2, 0) is 4.79 Å². The molecule has 1 rings (SSSR count). The first kappa shape index (κ1) is 16.2. The maximum absolute atomic E-state index is 11.7. The van der Waals surface area contributed by atoms with Crippen LogP contribution in [0.4, 0.5) is 10.5 Å². The van der Waals surface area contributed by atoms with Gasteiger partial charge in [-0.15, -0.1) is 0 Å². The van der Waals surface area contributed by atoms with Crippen molar-refractivity contribution in [1.29, 1.82) is 0 Å². The van der Waals surface area contributed by atoms with Crippen LogP contribution < -0.4 is 10.6 Å². The topological polar surface area (TPSA) is 78.4 Å². The number of halogens is 2. The zero-order valence-electron chi connectivity index (χ0n) is 10.4. The zero-order valence-corrected chi connectivity index (χ0v) is 14.1. The molecule has 3 N–H and O–H groups in total. The van der Waals surface area contributed by atoms with Gasteiger partial charge in [0.1, 0.15) is 6.04 Å². The van der Waals surface area contributed by atoms with Gasteiger partial charge in [-0.2, -0.15) is 0 Å². The van der Waals surface area contributed by atoms with Crippen molar-refractivity contribution in [3.8, 4) is 0 Å². The lowest BCUT2D eigenvalue weighted by atomic mass is 10.1. The van der Waals surface area contributed by atoms with Gasteiger partial charge in [0.05, 0.1) is 0 Å². The summed E-state index contributed by atoms with van der Waals surface area (Å²) in [4.78, 5) is 22.7. The Morgan fingerprint density at radius 2 is 2.00 bits per heavy atom. The van der Waals surface area contributed by atoms with Gasteiger partial charge in [0.2, 0.25) is 0 Å². The molecule has 0 fully saturated rings. The summed E-state index contributed by atoms with van der Waals surface area (Å²) in [7, 11) is 0. The van der Waals surface area contributed by atoms with Crippen LogP contribution >= 0.6 is 38.5 Å². The van der Waals surface area contributed by atoms with Crippen LogP contribution in [0.2, 0.25) is 0 Å². The number of rotatable bonds is 4. The minimum Gasteiger partial charge on any atom is -0.480 e. The van der Waals surface area contributed by atoms with E-state index in [-0.39, 0.29) is 5.92 Å². The molecule has 5 nitrogen and oxygen atoms in total. The van der Waals surface area contributed by atoms with Crippen molar-refractivity contribution in [1.82, 2.24) is 5.32 Å². The molecule has 7 heteroatoms. The predicted molar refractivity (Wildman–Crippen MR) is 85.3 cm³/mol. The SMILES string of the molecule is CC(C)[C@@H](NC(=O)Nc1ccc(Br)c(I)c1)C(=O)O. The molecule has 1 aromatic carbocycles. The molecule has 104 valence electrons. The van der Waals surface area contributed by atoms with Crippen LogP contribution in [0.15, 0.2) is 22.7 Å². The number of carbonyl (C=O) groups is 2. The van der Waals surface area contributed by atoms with Crippen molar-refractivity contribution >= 4 is 56.2 Å². The van der Waals surface area contributed by atoms with E-state index in [1.54, 1.807) is 26.0 Å². The zero-order chi connectivity index (χ0) is 14.6. The molecule has 19 heavy (non-hydrogen) atoms. The fourth-order valence-corrected chi connectivity index (χ4v) is 2.16. The van der Waals surface area contributed by atoms with Gasteiger partial charge in [0, 0.05) is 13.7 Å². The Labute approximate surface area is 133 Å². The summed E-state index contributed by atoms with van der Waals surface area (Å²) in [6, 6.07) is 3.90. The molecule has 0 aliphatic heterocycles. The molecule has 0 saturated heterocycles. The molecular formula is C12H14BrIN2O3. The number of carboxylic acid groups (broad SMARTS) is 1. The number of urea groups is 1. The van der Waals surface area contributed by atoms with Gasteiger partial charge in [-0.3, -0.25) is 0 Å². The molecule has 0 spiro atoms. The molecule has 0 aromatic heterocycles. The second-order valence-corrected chi connectivity index (χ2v) is 6.30. The van der Waals surface area contributed by atoms with Gasteiger partial charge in [-0.05, 0) is 62.6 Å². The summed E-state index contributed by atoms with van der Waals surface area (Å²) in [5, 5.41) is 14.0. The van der Waals surface area contributed by atoms with Crippen molar-refractivity contribution in [2.24, 2.45) is 5.92 Å². The number of hydrogen-bond acceptors (Lipinski definition) is 2. The molecule has 0 aliphatic rings. The van der Waals surface area contributed by atoms with Crippen molar-refractivity contribution in [3.63, 3.8) is 0 Å². The number of carbonyl (C=O) groups excluding carboxylic acids is 1. The van der Waals surface area contributed by atoms with E-state index in [1.807, 2.05) is 6.07 Å². The monoisotopic (exact) mass is 440 g/mol. The summed E-state index contributed by atoms with van der Waals surface area (Å²) in [5.41, 5.74) is 0.609. The van der Waals surface area contributed by atoms with Gasteiger partial charge < -0.3 is 15.7 Å². The second kappa shape index (κ2) is 7.09. The molecule has 0 aliphatic carbocycles. The minimum atomic E-state index is -1.05. The number of aliphatic carboxylic acids is 1. The standard InChI is InChI=1S/C12H14BrIN2O3/c1-6(2)10(11(17)18)16-12(19)15-7-3-4-8(13)9(14)5-7/h3-6,10H,1-2H3,(H,17,18)(H2,15,16,19)/t10-/m1/s1. The largest absolute Gasteiger partial charge is 0.480 e. The van der Waals surface area contributed by atoms with Crippen molar-refractivity contribution < 1.29 is 14.7 Å². The number of amides is 2. The number of carboxylic acids is 1. The van der Waals surface area contributed by atoms with Gasteiger partial charge in [0.15, 0.2) is 0 Å². The normalized spacial score (nSPS) is 12.1. The number of nitrogens with one attached hydrogen (secondary N) is 2. The molecule has 0 unspecified atom stereocenters. The first-order valence-corrected chi connectivity index (χ1v) is 7.43. The Morgan fingerprint density at radius 3 is 2.47 bits per heavy atom. The van der Waals surface area contributed by atoms with E-state index in [2.05, 4.69) is 49.2 Å². The highest BCUT2D eigenvalue weighted by Gasteiger charge is 2.23. The van der Waals surface area contributed by atoms with Gasteiger partial charge in [-0.1, -0.05) is 13.8 Å². The number of hydrogen-bond donors (Lipinski definition) is 3. The third-order valence-corrected chi connectivity index (χ3v) is 4.72. The van der Waals surface area contributed by atoms with Crippen molar-refractivity contribution in [2.75, 3.05) is 5.32 Å². The molecule has 1 atom stereocenters. The number of benzene rings is 1. The summed E-state index contributed by atoms with van der Waals surface area (Å²) in [6.45, 7) is 3.48. The predicted octanol–water partition coefficient (Wildman–Crippen LogP) is 3.28. The Bertz CT molecular complexity index is 494. The van der Waals surface area contributed by atoms with Crippen molar-refractivity contribution in [3.05, 3.63) is 26.2 Å². The highest BCUT2D eigenvalue weighted by Crippen LogP contribution is 2.22. The molecule has 1 aromatic rings. The number of anilines is 1. The maximum Gasteiger partial charge on any atom is 0.326 e. The Kier molecular flexibility index (Phi) is 6.05. The summed E-state index contributed by atoms with van der Waals surface area (Å²) >= 11 is 5.49. The van der Waals surface area contributed by atoms with E-state index in [4.69, 9.17) is 5.11 Å². The van der Waals surface area contributed by atoms with Crippen LogP contribution in [0.3, 0.4) is 0 Å². The van der Waals surface area contributed by atoms with Crippen molar-refractivity contribution in [2.45, 2.75) is 19.9 Å². The lowest BCUT2D eigenvalue weighted by Crippen LogP contribution is -2.46. The third-order valence-electron chi connectivity index (χ3n) is 2.40. The third kappa shape index (κ3) is 4.98. The minimum absolute atomic E-state index is 0.187. The summed E-state index contributed by atoms with van der Waals surface area (Å²) < 4.78 is 1.89. The highest BCUT2D eigenvalue weighted by atomic mass is 127. The van der Waals surface area contributed by atoms with Gasteiger partial charge in [0.25, 0.3) is 0 Å². The Hall–Kier alpha value is -0.830. The Balaban J connectivity index is 2.69. The molecule has 0 saturated carbocycles. The lowest BCUT2D eigenvalue weighted by Gasteiger charge is -2.18. The Morgan fingerprint density at radius 1 is 1.37 bits per heavy atom. The lowest BCUT2D eigenvalue weighted by molar-refractivity contribution is -0.140. The second-order valence-electron chi connectivity index (χ2n) is 4.29. The average Bonchev–Trinajstić information content (AvgIpc) is 2.30. The van der Waals surface area contributed by atoms with Crippen LogP contribution in [0.1, 0.15) is 13.8 Å². The molecule has 0 heterocycles. The van der Waals surface area contributed by atoms with Crippen LogP contribution in [0.25, 0.3) is 0 Å². The maximum atomic E-state index is 11.7. The fraction of sp³-hybridized carbons (Fsp3) is 0.333. The molecule has 2 amide bonds. The summed E-state index contributed by atoms with van der Waals surface area (Å²) in [6.07, 6.45) is 0. The van der Waals surface area contributed by atoms with Crippen LogP contribution in [0, 0.1) is 9.49 Å². The highest BCUT2D eigenvalue weighted by molar-refractivity contribution is 14.1. The molecule has 0 radical (unpaired) electrons. The molecule has 0 bridgehead atoms. The first-order valence-electron chi connectivity index (χ1n) is 5.56. The van der Waals surface area contributed by atoms with E-state index >= 15 is 0 Å². The quantitative estimate of drug-likeness (QED) is 0.628. The van der Waals surface area contributed by atoms with Gasteiger partial charge in [-0.25, -0.2) is 9.59 Å². The van der Waals surface area contributed by atoms with E-state index < -0.39 is 18.0 Å². The van der Waals surface area contributed by atoms with Crippen LogP contribution in [-0.4, -0.2) is 23.1 Å². The van der Waals surface area contributed by atoms with E-state index in [0.717, 1.165) is 8.04 Å². The van der Waals surface area contributed by atoms with Crippen LogP contribution in [0.5, 0.6) is 0 Å². The fourth-order valence-electron chi connectivity index (χ4n) is 1.40. The van der Waals surface area contributed by atoms with E-state index in [9.17, 15) is 9.59 Å². The smallest absolute Gasteiger partial charge is 0.326 e. The first-order chi connectivity index (χ1) is 8.81. The average molecular weight is 441 g/mol.